The second kappa shape index (κ2) is 10.3. The highest BCUT2D eigenvalue weighted by molar-refractivity contribution is 5.95. The Morgan fingerprint density at radius 1 is 1.09 bits per heavy atom. The molecule has 9 heteroatoms. The number of ether oxygens (including phenoxy) is 1. The molecule has 0 unspecified atom stereocenters. The van der Waals surface area contributed by atoms with E-state index in [9.17, 15) is 19.9 Å². The number of carbonyl (C=O) groups excluding carboxylic acids is 1. The van der Waals surface area contributed by atoms with E-state index in [1.807, 2.05) is 0 Å². The van der Waals surface area contributed by atoms with Crippen molar-refractivity contribution in [3.05, 3.63) is 53.1 Å². The summed E-state index contributed by atoms with van der Waals surface area (Å²) in [5.41, 5.74) is 0.550. The van der Waals surface area contributed by atoms with Crippen LogP contribution in [0.3, 0.4) is 0 Å². The molecule has 33 heavy (non-hydrogen) atoms. The third-order valence-electron chi connectivity index (χ3n) is 5.61. The Labute approximate surface area is 190 Å². The molecule has 1 aromatic heterocycles. The standard InChI is InChI=1S/C24H25N3O6/c28-17-13-21(30)24(22(14-17)32-18-8-6-16(25-31)7-9-18)23-15-19(26-33-23)20(29)5-4-12-27-10-2-1-3-11-27/h6-9,13-15,28,30H,1-5,10-12H2. The first-order valence-corrected chi connectivity index (χ1v) is 10.9. The molecule has 3 aromatic rings. The van der Waals surface area contributed by atoms with E-state index in [0.717, 1.165) is 32.1 Å². The summed E-state index contributed by atoms with van der Waals surface area (Å²) in [4.78, 5) is 25.6. The smallest absolute Gasteiger partial charge is 0.184 e. The van der Waals surface area contributed by atoms with E-state index >= 15 is 0 Å². The van der Waals surface area contributed by atoms with E-state index in [1.165, 1.54) is 55.7 Å². The summed E-state index contributed by atoms with van der Waals surface area (Å²) in [6.45, 7) is 3.05. The second-order valence-electron chi connectivity index (χ2n) is 8.03. The molecule has 1 aliphatic heterocycles. The van der Waals surface area contributed by atoms with Crippen molar-refractivity contribution in [2.75, 3.05) is 19.6 Å². The quantitative estimate of drug-likeness (QED) is 0.327. The third-order valence-corrected chi connectivity index (χ3v) is 5.61. The highest BCUT2D eigenvalue weighted by Gasteiger charge is 2.21. The molecule has 2 N–H and O–H groups in total. The largest absolute Gasteiger partial charge is 0.508 e. The van der Waals surface area contributed by atoms with Crippen molar-refractivity contribution in [2.24, 2.45) is 5.18 Å². The molecule has 0 saturated carbocycles. The molecule has 9 nitrogen and oxygen atoms in total. The van der Waals surface area contributed by atoms with Gasteiger partial charge in [0.2, 0.25) is 0 Å². The molecular formula is C24H25N3O6. The number of carbonyl (C=O) groups is 1. The number of nitrogens with zero attached hydrogens (tertiary/aromatic N) is 3. The molecule has 2 heterocycles. The summed E-state index contributed by atoms with van der Waals surface area (Å²) in [5, 5.41) is 27.1. The number of aromatic hydroxyl groups is 2. The van der Waals surface area contributed by atoms with Crippen molar-refractivity contribution in [3.8, 4) is 34.3 Å². The maximum Gasteiger partial charge on any atom is 0.184 e. The van der Waals surface area contributed by atoms with Crippen molar-refractivity contribution in [1.29, 1.82) is 0 Å². The van der Waals surface area contributed by atoms with Crippen LogP contribution in [0.2, 0.25) is 0 Å². The fourth-order valence-electron chi connectivity index (χ4n) is 3.92. The number of piperidine rings is 1. The van der Waals surface area contributed by atoms with Gasteiger partial charge in [0, 0.05) is 24.6 Å². The summed E-state index contributed by atoms with van der Waals surface area (Å²) < 4.78 is 11.1. The van der Waals surface area contributed by atoms with E-state index < -0.39 is 0 Å². The number of aromatic nitrogens is 1. The van der Waals surface area contributed by atoms with Gasteiger partial charge in [-0.1, -0.05) is 11.6 Å². The first kappa shape index (κ1) is 22.5. The zero-order chi connectivity index (χ0) is 23.2. The van der Waals surface area contributed by atoms with Crippen LogP contribution in [0, 0.1) is 4.91 Å². The van der Waals surface area contributed by atoms with Crippen LogP contribution in [0.25, 0.3) is 11.3 Å². The minimum absolute atomic E-state index is 0.0968. The molecule has 1 aliphatic rings. The maximum atomic E-state index is 12.6. The number of hydrogen-bond acceptors (Lipinski definition) is 9. The highest BCUT2D eigenvalue weighted by Crippen LogP contribution is 2.43. The van der Waals surface area contributed by atoms with E-state index in [-0.39, 0.29) is 45.7 Å². The number of rotatable bonds is 9. The number of Topliss-reactive ketones (excluding diaryl/α,β-unsaturated/α-hetero) is 1. The fraction of sp³-hybridized carbons (Fsp3) is 0.333. The van der Waals surface area contributed by atoms with Crippen LogP contribution < -0.4 is 4.74 Å². The van der Waals surface area contributed by atoms with Gasteiger partial charge in [-0.2, -0.15) is 0 Å². The predicted octanol–water partition coefficient (Wildman–Crippen LogP) is 5.39. The van der Waals surface area contributed by atoms with Crippen LogP contribution in [0.5, 0.6) is 23.0 Å². The molecule has 2 aromatic carbocycles. The summed E-state index contributed by atoms with van der Waals surface area (Å²) in [7, 11) is 0. The van der Waals surface area contributed by atoms with Gasteiger partial charge in [0.05, 0.1) is 0 Å². The van der Waals surface area contributed by atoms with Crippen molar-refractivity contribution in [3.63, 3.8) is 0 Å². The molecule has 0 amide bonds. The summed E-state index contributed by atoms with van der Waals surface area (Å²) in [6, 6.07) is 9.91. The van der Waals surface area contributed by atoms with E-state index in [2.05, 4.69) is 15.2 Å². The summed E-state index contributed by atoms with van der Waals surface area (Å²) in [5.74, 6) is -0.0723. The van der Waals surface area contributed by atoms with Gasteiger partial charge in [-0.3, -0.25) is 4.79 Å². The minimum Gasteiger partial charge on any atom is -0.508 e. The Kier molecular flexibility index (Phi) is 6.99. The molecule has 0 spiro atoms. The molecule has 4 rings (SSSR count). The Bertz CT molecular complexity index is 1120. The third kappa shape index (κ3) is 5.56. The Morgan fingerprint density at radius 3 is 2.58 bits per heavy atom. The van der Waals surface area contributed by atoms with Crippen molar-refractivity contribution < 1.29 is 24.3 Å². The number of phenolic OH excluding ortho intramolecular Hbond substituents is 2. The monoisotopic (exact) mass is 451 g/mol. The lowest BCUT2D eigenvalue weighted by molar-refractivity contribution is 0.0964. The van der Waals surface area contributed by atoms with E-state index in [0.29, 0.717) is 12.2 Å². The number of benzene rings is 2. The van der Waals surface area contributed by atoms with Crippen LogP contribution in [0.15, 0.2) is 52.2 Å². The summed E-state index contributed by atoms with van der Waals surface area (Å²) in [6.07, 6.45) is 4.78. The van der Waals surface area contributed by atoms with Crippen LogP contribution in [0.4, 0.5) is 5.69 Å². The number of likely N-dealkylation sites (tertiary alicyclic amines) is 1. The van der Waals surface area contributed by atoms with Crippen molar-refractivity contribution in [2.45, 2.75) is 32.1 Å². The molecule has 1 fully saturated rings. The molecule has 0 radical (unpaired) electrons. The predicted molar refractivity (Wildman–Crippen MR) is 121 cm³/mol. The lowest BCUT2D eigenvalue weighted by Gasteiger charge is -2.26. The Balaban J connectivity index is 1.49. The molecule has 0 bridgehead atoms. The van der Waals surface area contributed by atoms with Crippen LogP contribution in [0.1, 0.15) is 42.6 Å². The highest BCUT2D eigenvalue weighted by atomic mass is 16.5. The lowest BCUT2D eigenvalue weighted by atomic mass is 10.1. The van der Waals surface area contributed by atoms with Crippen LogP contribution in [-0.2, 0) is 0 Å². The van der Waals surface area contributed by atoms with Gasteiger partial charge in [-0.15, -0.1) is 4.91 Å². The lowest BCUT2D eigenvalue weighted by Crippen LogP contribution is -2.30. The topological polar surface area (TPSA) is 125 Å². The van der Waals surface area contributed by atoms with Gasteiger partial charge < -0.3 is 24.4 Å². The molecule has 0 aliphatic carbocycles. The van der Waals surface area contributed by atoms with E-state index in [4.69, 9.17) is 9.26 Å². The van der Waals surface area contributed by atoms with Crippen LogP contribution in [-0.4, -0.2) is 45.7 Å². The Morgan fingerprint density at radius 2 is 1.85 bits per heavy atom. The second-order valence-corrected chi connectivity index (χ2v) is 8.03. The van der Waals surface area contributed by atoms with Gasteiger partial charge in [0.1, 0.15) is 39.9 Å². The van der Waals surface area contributed by atoms with Crippen LogP contribution >= 0.6 is 0 Å². The Hall–Kier alpha value is -3.72. The van der Waals surface area contributed by atoms with Crippen molar-refractivity contribution in [1.82, 2.24) is 10.1 Å². The van der Waals surface area contributed by atoms with Gasteiger partial charge in [0.25, 0.3) is 0 Å². The van der Waals surface area contributed by atoms with Crippen molar-refractivity contribution >= 4 is 11.5 Å². The number of nitroso groups, excluding NO2 is 1. The average Bonchev–Trinajstić information content (AvgIpc) is 3.30. The number of hydrogen-bond donors (Lipinski definition) is 2. The average molecular weight is 451 g/mol. The van der Waals surface area contributed by atoms with Gasteiger partial charge in [0.15, 0.2) is 11.5 Å². The van der Waals surface area contributed by atoms with Gasteiger partial charge >= 0.3 is 0 Å². The van der Waals surface area contributed by atoms with Gasteiger partial charge in [-0.05, 0) is 68.3 Å². The van der Waals surface area contributed by atoms with E-state index in [1.54, 1.807) is 0 Å². The summed E-state index contributed by atoms with van der Waals surface area (Å²) >= 11 is 0. The molecule has 172 valence electrons. The minimum atomic E-state index is -0.295. The van der Waals surface area contributed by atoms with Gasteiger partial charge in [-0.25, -0.2) is 0 Å². The first-order chi connectivity index (χ1) is 16.0. The SMILES string of the molecule is O=Nc1ccc(Oc2cc(O)cc(O)c2-c2cc(C(=O)CCCN3CCCCC3)no2)cc1. The fourth-order valence-corrected chi connectivity index (χ4v) is 3.92. The molecule has 0 atom stereocenters. The molecule has 1 saturated heterocycles. The molecular weight excluding hydrogens is 426 g/mol. The first-order valence-electron chi connectivity index (χ1n) is 10.9. The normalized spacial score (nSPS) is 14.2. The zero-order valence-corrected chi connectivity index (χ0v) is 18.1. The number of ketones is 1. The number of phenols is 2. The zero-order valence-electron chi connectivity index (χ0n) is 18.1. The maximum absolute atomic E-state index is 12.6.